The van der Waals surface area contributed by atoms with E-state index in [0.29, 0.717) is 12.1 Å². The monoisotopic (exact) mass is 278 g/mol. The van der Waals surface area contributed by atoms with Crippen molar-refractivity contribution in [3.05, 3.63) is 39.4 Å². The fourth-order valence-electron chi connectivity index (χ4n) is 2.68. The molecule has 6 nitrogen and oxygen atoms in total. The Morgan fingerprint density at radius 1 is 1.50 bits per heavy atom. The second kappa shape index (κ2) is 6.00. The summed E-state index contributed by atoms with van der Waals surface area (Å²) in [6.07, 6.45) is 2.56. The molecule has 1 aliphatic rings. The quantitative estimate of drug-likeness (QED) is 0.676. The Morgan fingerprint density at radius 2 is 2.25 bits per heavy atom. The van der Waals surface area contributed by atoms with Gasteiger partial charge in [-0.15, -0.1) is 0 Å². The second-order valence-electron chi connectivity index (χ2n) is 5.06. The van der Waals surface area contributed by atoms with Crippen LogP contribution in [0.5, 0.6) is 0 Å². The van der Waals surface area contributed by atoms with E-state index >= 15 is 0 Å². The summed E-state index contributed by atoms with van der Waals surface area (Å²) in [7, 11) is 0. The number of nitrogens with zero attached hydrogens (tertiary/aromatic N) is 2. The Morgan fingerprint density at radius 3 is 2.90 bits per heavy atom. The van der Waals surface area contributed by atoms with Crippen LogP contribution in [0, 0.1) is 17.0 Å². The summed E-state index contributed by atoms with van der Waals surface area (Å²) in [6, 6.07) is 4.37. The fourth-order valence-corrected chi connectivity index (χ4v) is 2.68. The molecule has 0 saturated carbocycles. The van der Waals surface area contributed by atoms with Crippen LogP contribution in [0.15, 0.2) is 18.2 Å². The highest BCUT2D eigenvalue weighted by Gasteiger charge is 2.31. The van der Waals surface area contributed by atoms with Crippen molar-refractivity contribution in [3.63, 3.8) is 0 Å². The fraction of sp³-hybridized carbons (Fsp3) is 0.500. The van der Waals surface area contributed by atoms with Gasteiger partial charge in [0.25, 0.3) is 11.6 Å². The lowest BCUT2D eigenvalue weighted by molar-refractivity contribution is -0.385. The van der Waals surface area contributed by atoms with Gasteiger partial charge >= 0.3 is 0 Å². The third-order valence-electron chi connectivity index (χ3n) is 3.76. The molecule has 20 heavy (non-hydrogen) atoms. The van der Waals surface area contributed by atoms with E-state index < -0.39 is 4.92 Å². The van der Waals surface area contributed by atoms with E-state index in [0.717, 1.165) is 19.3 Å². The maximum atomic E-state index is 12.6. The molecular formula is C14H18N2O4. The number of nitro groups is 1. The molecule has 0 spiro atoms. The number of aliphatic hydroxyl groups excluding tert-OH is 1. The van der Waals surface area contributed by atoms with Gasteiger partial charge < -0.3 is 10.0 Å². The first-order valence-corrected chi connectivity index (χ1v) is 6.72. The molecule has 6 heteroatoms. The molecule has 1 saturated heterocycles. The molecule has 0 bridgehead atoms. The molecule has 1 unspecified atom stereocenters. The van der Waals surface area contributed by atoms with Crippen LogP contribution < -0.4 is 0 Å². The Balaban J connectivity index is 2.40. The number of piperidine rings is 1. The molecule has 0 aromatic heterocycles. The Labute approximate surface area is 117 Å². The van der Waals surface area contributed by atoms with Crippen LogP contribution in [0.4, 0.5) is 5.69 Å². The van der Waals surface area contributed by atoms with E-state index in [1.807, 2.05) is 0 Å². The van der Waals surface area contributed by atoms with E-state index in [1.165, 1.54) is 6.07 Å². The summed E-state index contributed by atoms with van der Waals surface area (Å²) in [5.41, 5.74) is 0.557. The van der Waals surface area contributed by atoms with Crippen LogP contribution in [-0.2, 0) is 0 Å². The molecule has 1 fully saturated rings. The van der Waals surface area contributed by atoms with Crippen LogP contribution in [-0.4, -0.2) is 40.0 Å². The Hall–Kier alpha value is -1.95. The van der Waals surface area contributed by atoms with Gasteiger partial charge in [-0.05, 0) is 31.7 Å². The van der Waals surface area contributed by atoms with Gasteiger partial charge in [-0.3, -0.25) is 14.9 Å². The zero-order valence-electron chi connectivity index (χ0n) is 11.4. The molecule has 1 heterocycles. The van der Waals surface area contributed by atoms with Crippen LogP contribution >= 0.6 is 0 Å². The van der Waals surface area contributed by atoms with Gasteiger partial charge in [0.15, 0.2) is 0 Å². The highest BCUT2D eigenvalue weighted by atomic mass is 16.6. The van der Waals surface area contributed by atoms with Crippen molar-refractivity contribution < 1.29 is 14.8 Å². The number of nitro benzene ring substituents is 1. The highest BCUT2D eigenvalue weighted by Crippen LogP contribution is 2.26. The van der Waals surface area contributed by atoms with Gasteiger partial charge in [-0.1, -0.05) is 12.1 Å². The third-order valence-corrected chi connectivity index (χ3v) is 3.76. The minimum atomic E-state index is -0.530. The molecule has 0 radical (unpaired) electrons. The minimum absolute atomic E-state index is 0.106. The molecule has 2 rings (SSSR count). The van der Waals surface area contributed by atoms with E-state index in [1.54, 1.807) is 24.0 Å². The van der Waals surface area contributed by atoms with Crippen molar-refractivity contribution >= 4 is 11.6 Å². The van der Waals surface area contributed by atoms with E-state index in [-0.39, 0.29) is 29.8 Å². The molecular weight excluding hydrogens is 260 g/mol. The van der Waals surface area contributed by atoms with Crippen molar-refractivity contribution in [2.75, 3.05) is 13.2 Å². The Bertz CT molecular complexity index is 530. The van der Waals surface area contributed by atoms with Crippen LogP contribution in [0.3, 0.4) is 0 Å². The number of hydrogen-bond donors (Lipinski definition) is 1. The SMILES string of the molecule is Cc1cccc([N+](=O)[O-])c1C(=O)N1CCCCC1CO. The first-order chi connectivity index (χ1) is 9.56. The first kappa shape index (κ1) is 14.5. The largest absolute Gasteiger partial charge is 0.394 e. The summed E-state index contributed by atoms with van der Waals surface area (Å²) in [5.74, 6) is -0.353. The average Bonchev–Trinajstić information content (AvgIpc) is 2.46. The molecule has 1 atom stereocenters. The lowest BCUT2D eigenvalue weighted by atomic mass is 9.99. The summed E-state index contributed by atoms with van der Waals surface area (Å²) in [4.78, 5) is 24.8. The van der Waals surface area contributed by atoms with Gasteiger partial charge in [-0.25, -0.2) is 0 Å². The second-order valence-corrected chi connectivity index (χ2v) is 5.06. The number of rotatable bonds is 3. The molecule has 1 amide bonds. The number of aliphatic hydroxyl groups is 1. The van der Waals surface area contributed by atoms with Crippen molar-refractivity contribution in [1.29, 1.82) is 0 Å². The zero-order chi connectivity index (χ0) is 14.7. The van der Waals surface area contributed by atoms with Crippen LogP contribution in [0.2, 0.25) is 0 Å². The van der Waals surface area contributed by atoms with Crippen molar-refractivity contribution in [3.8, 4) is 0 Å². The summed E-state index contributed by atoms with van der Waals surface area (Å²) < 4.78 is 0. The Kier molecular flexibility index (Phi) is 4.34. The predicted octanol–water partition coefficient (Wildman–Crippen LogP) is 1.89. The van der Waals surface area contributed by atoms with E-state index in [4.69, 9.17) is 0 Å². The third kappa shape index (κ3) is 2.65. The normalized spacial score (nSPS) is 18.9. The van der Waals surface area contributed by atoms with Crippen LogP contribution in [0.1, 0.15) is 35.2 Å². The number of carbonyl (C=O) groups excluding carboxylic acids is 1. The van der Waals surface area contributed by atoms with Crippen molar-refractivity contribution in [1.82, 2.24) is 4.90 Å². The molecule has 0 aliphatic carbocycles. The topological polar surface area (TPSA) is 83.7 Å². The maximum Gasteiger partial charge on any atom is 0.282 e. The number of amides is 1. The first-order valence-electron chi connectivity index (χ1n) is 6.72. The van der Waals surface area contributed by atoms with Crippen molar-refractivity contribution in [2.24, 2.45) is 0 Å². The lowest BCUT2D eigenvalue weighted by Gasteiger charge is -2.34. The number of aryl methyl sites for hydroxylation is 1. The van der Waals surface area contributed by atoms with Gasteiger partial charge in [0, 0.05) is 12.6 Å². The summed E-state index contributed by atoms with van der Waals surface area (Å²) >= 11 is 0. The molecule has 1 aromatic carbocycles. The molecule has 1 N–H and O–H groups in total. The average molecular weight is 278 g/mol. The zero-order valence-corrected chi connectivity index (χ0v) is 11.4. The van der Waals surface area contributed by atoms with E-state index in [2.05, 4.69) is 0 Å². The van der Waals surface area contributed by atoms with Gasteiger partial charge in [0.1, 0.15) is 5.56 Å². The lowest BCUT2D eigenvalue weighted by Crippen LogP contribution is -2.46. The molecule has 1 aromatic rings. The maximum absolute atomic E-state index is 12.6. The van der Waals surface area contributed by atoms with E-state index in [9.17, 15) is 20.0 Å². The van der Waals surface area contributed by atoms with Gasteiger partial charge in [0.2, 0.25) is 0 Å². The standard InChI is InChI=1S/C14H18N2O4/c1-10-5-4-7-12(16(19)20)13(10)14(18)15-8-3-2-6-11(15)9-17/h4-5,7,11,17H,2-3,6,8-9H2,1H3. The van der Waals surface area contributed by atoms with Crippen LogP contribution in [0.25, 0.3) is 0 Å². The number of hydrogen-bond acceptors (Lipinski definition) is 4. The summed E-state index contributed by atoms with van der Waals surface area (Å²) in [6.45, 7) is 2.12. The molecule has 108 valence electrons. The van der Waals surface area contributed by atoms with Crippen molar-refractivity contribution in [2.45, 2.75) is 32.2 Å². The highest BCUT2D eigenvalue weighted by molar-refractivity contribution is 5.99. The number of likely N-dealkylation sites (tertiary alicyclic amines) is 1. The number of carbonyl (C=O) groups is 1. The van der Waals surface area contributed by atoms with Gasteiger partial charge in [-0.2, -0.15) is 0 Å². The smallest absolute Gasteiger partial charge is 0.282 e. The summed E-state index contributed by atoms with van der Waals surface area (Å²) in [5, 5.41) is 20.5. The minimum Gasteiger partial charge on any atom is -0.394 e. The molecule has 1 aliphatic heterocycles. The predicted molar refractivity (Wildman–Crippen MR) is 73.6 cm³/mol. The van der Waals surface area contributed by atoms with Gasteiger partial charge in [0.05, 0.1) is 17.6 Å². The number of benzene rings is 1.